The van der Waals surface area contributed by atoms with E-state index >= 15 is 0 Å². The van der Waals surface area contributed by atoms with Crippen LogP contribution in [0.5, 0.6) is 0 Å². The van der Waals surface area contributed by atoms with Gasteiger partial charge < -0.3 is 19.9 Å². The Labute approximate surface area is 263 Å². The molecule has 0 aliphatic heterocycles. The third-order valence-electron chi connectivity index (χ3n) is 8.50. The molecule has 0 radical (unpaired) electrons. The average molecular weight is 598 g/mol. The molecule has 0 aromatic carbocycles. The summed E-state index contributed by atoms with van der Waals surface area (Å²) in [5.41, 5.74) is -0.534. The van der Waals surface area contributed by atoms with E-state index in [-0.39, 0.29) is 18.8 Å². The molecule has 1 amide bonds. The molecule has 0 saturated carbocycles. The number of aliphatic hydroxyl groups is 1. The van der Waals surface area contributed by atoms with Crippen LogP contribution in [0.15, 0.2) is 0 Å². The lowest BCUT2D eigenvalue weighted by Crippen LogP contribution is -2.32. The Morgan fingerprint density at radius 3 is 1.31 bits per heavy atom. The predicted molar refractivity (Wildman–Crippen MR) is 181 cm³/mol. The molecule has 0 rings (SSSR count). The molecule has 0 heterocycles. The van der Waals surface area contributed by atoms with Crippen molar-refractivity contribution >= 4 is 6.09 Å². The standard InChI is InChI=1S/C37H75NO4/c1-5-7-9-11-13-15-17-19-21-23-25-27-30-35(42-36(40)38-32-29-33-41-37(3,4)34-39)31-28-26-24-22-20-18-16-14-12-10-8-6-2/h35,39H,5-34H2,1-4H3,(H,38,40). The summed E-state index contributed by atoms with van der Waals surface area (Å²) in [4.78, 5) is 12.5. The Kier molecular flexibility index (Phi) is 31.0. The second kappa shape index (κ2) is 31.6. The van der Waals surface area contributed by atoms with Crippen LogP contribution in [0.1, 0.15) is 201 Å². The average Bonchev–Trinajstić information content (AvgIpc) is 2.97. The van der Waals surface area contributed by atoms with Crippen LogP contribution in [0.25, 0.3) is 0 Å². The van der Waals surface area contributed by atoms with Gasteiger partial charge in [-0.1, -0.05) is 155 Å². The molecule has 252 valence electrons. The van der Waals surface area contributed by atoms with E-state index < -0.39 is 5.60 Å². The molecule has 0 aliphatic carbocycles. The van der Waals surface area contributed by atoms with Crippen LogP contribution in [0.4, 0.5) is 4.79 Å². The van der Waals surface area contributed by atoms with E-state index in [1.807, 2.05) is 13.8 Å². The molecule has 0 unspecified atom stereocenters. The summed E-state index contributed by atoms with van der Waals surface area (Å²) in [5.74, 6) is 0. The first-order valence-electron chi connectivity index (χ1n) is 18.6. The molecular formula is C37H75NO4. The van der Waals surface area contributed by atoms with E-state index in [9.17, 15) is 9.90 Å². The van der Waals surface area contributed by atoms with Crippen molar-refractivity contribution in [1.29, 1.82) is 0 Å². The number of hydrogen-bond donors (Lipinski definition) is 2. The van der Waals surface area contributed by atoms with E-state index in [4.69, 9.17) is 9.47 Å². The zero-order chi connectivity index (χ0) is 31.0. The van der Waals surface area contributed by atoms with Gasteiger partial charge in [0.25, 0.3) is 0 Å². The van der Waals surface area contributed by atoms with Crippen LogP contribution in [0, 0.1) is 0 Å². The first-order valence-corrected chi connectivity index (χ1v) is 18.6. The molecule has 5 nitrogen and oxygen atoms in total. The van der Waals surface area contributed by atoms with Gasteiger partial charge in [0.05, 0.1) is 12.2 Å². The number of alkyl carbamates (subject to hydrolysis) is 1. The number of unbranched alkanes of at least 4 members (excludes halogenated alkanes) is 22. The lowest BCUT2D eigenvalue weighted by atomic mass is 10.0. The molecule has 0 aromatic rings. The number of aliphatic hydroxyl groups excluding tert-OH is 1. The Bertz CT molecular complexity index is 526. The van der Waals surface area contributed by atoms with Crippen molar-refractivity contribution in [2.24, 2.45) is 0 Å². The summed E-state index contributed by atoms with van der Waals surface area (Å²) < 4.78 is 11.5. The quantitative estimate of drug-likeness (QED) is 0.0738. The van der Waals surface area contributed by atoms with Crippen molar-refractivity contribution in [3.05, 3.63) is 0 Å². The Balaban J connectivity index is 4.11. The summed E-state index contributed by atoms with van der Waals surface area (Å²) >= 11 is 0. The monoisotopic (exact) mass is 598 g/mol. The first kappa shape index (κ1) is 41.2. The second-order valence-electron chi connectivity index (χ2n) is 13.4. The molecule has 0 atom stereocenters. The SMILES string of the molecule is CCCCCCCCCCCCCCC(CCCCCCCCCCCCCC)OC(=O)NCCCOC(C)(C)CO. The highest BCUT2D eigenvalue weighted by Crippen LogP contribution is 2.18. The molecule has 0 bridgehead atoms. The maximum atomic E-state index is 12.5. The Hall–Kier alpha value is -0.810. The minimum atomic E-state index is -0.534. The fourth-order valence-corrected chi connectivity index (χ4v) is 5.54. The van der Waals surface area contributed by atoms with E-state index in [0.29, 0.717) is 19.6 Å². The normalized spacial score (nSPS) is 11.9. The number of carbonyl (C=O) groups is 1. The largest absolute Gasteiger partial charge is 0.446 e. The van der Waals surface area contributed by atoms with Gasteiger partial charge in [0, 0.05) is 13.2 Å². The Morgan fingerprint density at radius 1 is 0.595 bits per heavy atom. The number of nitrogens with one attached hydrogen (secondary N) is 1. The van der Waals surface area contributed by atoms with Gasteiger partial charge in [0.1, 0.15) is 6.10 Å². The molecule has 0 fully saturated rings. The van der Waals surface area contributed by atoms with Crippen LogP contribution >= 0.6 is 0 Å². The fraction of sp³-hybridized carbons (Fsp3) is 0.973. The fourth-order valence-electron chi connectivity index (χ4n) is 5.54. The predicted octanol–water partition coefficient (Wildman–Crippen LogP) is 11.4. The van der Waals surface area contributed by atoms with Crippen molar-refractivity contribution < 1.29 is 19.4 Å². The summed E-state index contributed by atoms with van der Waals surface area (Å²) in [5, 5.41) is 12.2. The van der Waals surface area contributed by atoms with Crippen LogP contribution in [-0.4, -0.2) is 42.7 Å². The summed E-state index contributed by atoms with van der Waals surface area (Å²) in [6.45, 7) is 9.32. The molecule has 0 saturated heterocycles. The smallest absolute Gasteiger partial charge is 0.407 e. The lowest BCUT2D eigenvalue weighted by molar-refractivity contribution is -0.0539. The number of rotatable bonds is 33. The van der Waals surface area contributed by atoms with Crippen LogP contribution in [0.3, 0.4) is 0 Å². The van der Waals surface area contributed by atoms with E-state index in [1.165, 1.54) is 141 Å². The molecule has 0 spiro atoms. The zero-order valence-electron chi connectivity index (χ0n) is 29.0. The Morgan fingerprint density at radius 2 is 0.952 bits per heavy atom. The highest BCUT2D eigenvalue weighted by molar-refractivity contribution is 5.67. The van der Waals surface area contributed by atoms with Crippen molar-refractivity contribution in [3.63, 3.8) is 0 Å². The molecule has 42 heavy (non-hydrogen) atoms. The number of ether oxygens (including phenoxy) is 2. The number of hydrogen-bond acceptors (Lipinski definition) is 4. The van der Waals surface area contributed by atoms with Crippen LogP contribution in [-0.2, 0) is 9.47 Å². The molecular weight excluding hydrogens is 522 g/mol. The van der Waals surface area contributed by atoms with Gasteiger partial charge in [-0.25, -0.2) is 4.79 Å². The lowest BCUT2D eigenvalue weighted by Gasteiger charge is -2.22. The number of carbonyl (C=O) groups excluding carboxylic acids is 1. The second-order valence-corrected chi connectivity index (χ2v) is 13.4. The zero-order valence-corrected chi connectivity index (χ0v) is 29.0. The molecule has 0 aromatic heterocycles. The maximum absolute atomic E-state index is 12.5. The minimum absolute atomic E-state index is 0.0115. The summed E-state index contributed by atoms with van der Waals surface area (Å²) in [6, 6.07) is 0. The van der Waals surface area contributed by atoms with E-state index in [1.54, 1.807) is 0 Å². The topological polar surface area (TPSA) is 67.8 Å². The highest BCUT2D eigenvalue weighted by Gasteiger charge is 2.17. The van der Waals surface area contributed by atoms with E-state index in [2.05, 4.69) is 19.2 Å². The maximum Gasteiger partial charge on any atom is 0.407 e. The van der Waals surface area contributed by atoms with Gasteiger partial charge in [0.2, 0.25) is 0 Å². The van der Waals surface area contributed by atoms with Gasteiger partial charge in [-0.3, -0.25) is 0 Å². The van der Waals surface area contributed by atoms with Crippen molar-refractivity contribution in [3.8, 4) is 0 Å². The number of amides is 1. The van der Waals surface area contributed by atoms with Gasteiger partial charge in [-0.05, 0) is 46.0 Å². The van der Waals surface area contributed by atoms with Crippen molar-refractivity contribution in [1.82, 2.24) is 5.32 Å². The van der Waals surface area contributed by atoms with Gasteiger partial charge in [-0.15, -0.1) is 0 Å². The molecule has 0 aliphatic rings. The first-order chi connectivity index (χ1) is 20.4. The third kappa shape index (κ3) is 30.6. The van der Waals surface area contributed by atoms with Crippen LogP contribution in [0.2, 0.25) is 0 Å². The van der Waals surface area contributed by atoms with Crippen molar-refractivity contribution in [2.75, 3.05) is 19.8 Å². The molecule has 5 heteroatoms. The van der Waals surface area contributed by atoms with Crippen molar-refractivity contribution in [2.45, 2.75) is 213 Å². The van der Waals surface area contributed by atoms with Gasteiger partial charge >= 0.3 is 6.09 Å². The van der Waals surface area contributed by atoms with Gasteiger partial charge in [0.15, 0.2) is 0 Å². The van der Waals surface area contributed by atoms with Gasteiger partial charge in [-0.2, -0.15) is 0 Å². The highest BCUT2D eigenvalue weighted by atomic mass is 16.6. The van der Waals surface area contributed by atoms with E-state index in [0.717, 1.165) is 25.7 Å². The summed E-state index contributed by atoms with van der Waals surface area (Å²) in [6.07, 6.45) is 34.7. The van der Waals surface area contributed by atoms with Crippen LogP contribution < -0.4 is 5.32 Å². The summed E-state index contributed by atoms with van der Waals surface area (Å²) in [7, 11) is 0. The minimum Gasteiger partial charge on any atom is -0.446 e. The molecule has 2 N–H and O–H groups in total. The third-order valence-corrected chi connectivity index (χ3v) is 8.50.